The number of aromatic nitrogens is 3. The Balaban J connectivity index is 1.76. The van der Waals surface area contributed by atoms with E-state index in [1.165, 1.54) is 22.1 Å². The molecule has 1 aromatic carbocycles. The number of hydrogen-bond acceptors (Lipinski definition) is 5. The molecule has 0 amide bonds. The molecule has 7 heteroatoms. The van der Waals surface area contributed by atoms with Gasteiger partial charge in [0.15, 0.2) is 5.78 Å². The van der Waals surface area contributed by atoms with Gasteiger partial charge >= 0.3 is 0 Å². The van der Waals surface area contributed by atoms with Crippen LogP contribution in [0, 0.1) is 6.92 Å². The van der Waals surface area contributed by atoms with Gasteiger partial charge in [0.25, 0.3) is 5.56 Å². The maximum absolute atomic E-state index is 13.2. The summed E-state index contributed by atoms with van der Waals surface area (Å²) in [5, 5.41) is 7.15. The van der Waals surface area contributed by atoms with Crippen LogP contribution < -0.4 is 10.3 Å². The predicted octanol–water partition coefficient (Wildman–Crippen LogP) is 3.66. The molecule has 0 radical (unpaired) electrons. The molecule has 0 spiro atoms. The minimum absolute atomic E-state index is 0.116. The van der Waals surface area contributed by atoms with Crippen LogP contribution in [0.15, 0.2) is 52.6 Å². The molecule has 4 aromatic rings. The first-order valence-electron chi connectivity index (χ1n) is 8.78. The second kappa shape index (κ2) is 7.09. The van der Waals surface area contributed by atoms with Gasteiger partial charge in [-0.05, 0) is 42.6 Å². The van der Waals surface area contributed by atoms with Crippen LogP contribution in [0.4, 0.5) is 0 Å². The zero-order valence-electron chi connectivity index (χ0n) is 15.8. The molecule has 0 bridgehead atoms. The van der Waals surface area contributed by atoms with Crippen LogP contribution in [0.5, 0.6) is 5.75 Å². The molecule has 3 heterocycles. The molecule has 0 saturated carbocycles. The molecular formula is C21H19N3O3S. The summed E-state index contributed by atoms with van der Waals surface area (Å²) in [5.74, 6) is 0.524. The summed E-state index contributed by atoms with van der Waals surface area (Å²) < 4.78 is 8.52. The van der Waals surface area contributed by atoms with Crippen LogP contribution in [0.2, 0.25) is 0 Å². The Morgan fingerprint density at radius 3 is 2.75 bits per heavy atom. The second-order valence-corrected chi connectivity index (χ2v) is 7.47. The van der Waals surface area contributed by atoms with E-state index in [1.54, 1.807) is 13.2 Å². The number of rotatable bonds is 5. The van der Waals surface area contributed by atoms with Crippen LogP contribution in [0.3, 0.4) is 0 Å². The van der Waals surface area contributed by atoms with Gasteiger partial charge in [0.2, 0.25) is 0 Å². The van der Waals surface area contributed by atoms with Gasteiger partial charge in [0.05, 0.1) is 12.0 Å². The number of carbonyl (C=O) groups excluding carboxylic acids is 1. The fourth-order valence-corrected chi connectivity index (χ4v) is 4.05. The largest absolute Gasteiger partial charge is 0.497 e. The van der Waals surface area contributed by atoms with Crippen molar-refractivity contribution in [1.82, 2.24) is 14.3 Å². The number of hydrogen-bond donors (Lipinski definition) is 0. The van der Waals surface area contributed by atoms with Crippen molar-refractivity contribution in [2.24, 2.45) is 7.05 Å². The van der Waals surface area contributed by atoms with Gasteiger partial charge in [-0.3, -0.25) is 9.59 Å². The van der Waals surface area contributed by atoms with Crippen LogP contribution >= 0.6 is 11.3 Å². The maximum Gasteiger partial charge on any atom is 0.267 e. The third kappa shape index (κ3) is 3.03. The van der Waals surface area contributed by atoms with Gasteiger partial charge in [-0.25, -0.2) is 4.68 Å². The van der Waals surface area contributed by atoms with E-state index in [0.717, 1.165) is 21.5 Å². The number of thiophene rings is 1. The van der Waals surface area contributed by atoms with E-state index in [4.69, 9.17) is 4.74 Å². The van der Waals surface area contributed by atoms with E-state index in [-0.39, 0.29) is 17.9 Å². The fourth-order valence-electron chi connectivity index (χ4n) is 3.36. The first-order valence-corrected chi connectivity index (χ1v) is 9.66. The van der Waals surface area contributed by atoms with Gasteiger partial charge in [0, 0.05) is 35.3 Å². The Hall–Kier alpha value is -3.19. The quantitative estimate of drug-likeness (QED) is 0.485. The molecule has 0 fully saturated rings. The smallest absolute Gasteiger partial charge is 0.267 e. The van der Waals surface area contributed by atoms with E-state index in [1.807, 2.05) is 54.3 Å². The molecule has 3 aromatic heterocycles. The summed E-state index contributed by atoms with van der Waals surface area (Å²) >= 11 is 1.54. The van der Waals surface area contributed by atoms with E-state index >= 15 is 0 Å². The van der Waals surface area contributed by atoms with Gasteiger partial charge in [-0.2, -0.15) is 5.10 Å². The summed E-state index contributed by atoms with van der Waals surface area (Å²) in [4.78, 5) is 26.4. The average Bonchev–Trinajstić information content (AvgIpc) is 3.31. The molecule has 0 atom stereocenters. The van der Waals surface area contributed by atoms with Crippen molar-refractivity contribution in [3.8, 4) is 16.3 Å². The lowest BCUT2D eigenvalue weighted by Crippen LogP contribution is -2.26. The Labute approximate surface area is 165 Å². The number of carbonyl (C=O) groups is 1. The third-order valence-corrected chi connectivity index (χ3v) is 5.80. The zero-order valence-corrected chi connectivity index (χ0v) is 16.6. The Morgan fingerprint density at radius 2 is 2.04 bits per heavy atom. The lowest BCUT2D eigenvalue weighted by Gasteiger charge is -2.07. The number of fused-ring (bicyclic) bond motifs is 1. The molecule has 0 aliphatic carbocycles. The number of nitrogens with zero attached hydrogens (tertiary/aromatic N) is 3. The number of benzene rings is 1. The highest BCUT2D eigenvalue weighted by atomic mass is 32.1. The summed E-state index contributed by atoms with van der Waals surface area (Å²) in [7, 11) is 3.51. The molecule has 0 unspecified atom stereocenters. The van der Waals surface area contributed by atoms with Gasteiger partial charge in [-0.15, -0.1) is 11.3 Å². The summed E-state index contributed by atoms with van der Waals surface area (Å²) in [6.45, 7) is 1.78. The number of ether oxygens (including phenoxy) is 1. The number of ketones is 1. The van der Waals surface area contributed by atoms with Crippen LogP contribution in [-0.2, 0) is 13.6 Å². The molecule has 4 rings (SSSR count). The molecule has 28 heavy (non-hydrogen) atoms. The van der Waals surface area contributed by atoms with Crippen molar-refractivity contribution in [3.63, 3.8) is 0 Å². The van der Waals surface area contributed by atoms with Gasteiger partial charge in [0.1, 0.15) is 18.0 Å². The van der Waals surface area contributed by atoms with Crippen LogP contribution in [0.25, 0.3) is 21.5 Å². The molecular weight excluding hydrogens is 374 g/mol. The van der Waals surface area contributed by atoms with Crippen LogP contribution in [-0.4, -0.2) is 27.2 Å². The molecule has 6 nitrogen and oxygen atoms in total. The molecule has 142 valence electrons. The summed E-state index contributed by atoms with van der Waals surface area (Å²) in [5.41, 5.74) is 2.75. The second-order valence-electron chi connectivity index (χ2n) is 6.52. The SMILES string of the molecule is COc1ccc2c(c1)c(C(=O)Cn1nc(-c3cccs3)ccc1=O)c(C)n2C. The van der Waals surface area contributed by atoms with E-state index < -0.39 is 0 Å². The van der Waals surface area contributed by atoms with Crippen molar-refractivity contribution >= 4 is 28.0 Å². The van der Waals surface area contributed by atoms with Crippen molar-refractivity contribution in [3.05, 3.63) is 69.5 Å². The fraction of sp³-hybridized carbons (Fsp3) is 0.190. The molecule has 0 N–H and O–H groups in total. The lowest BCUT2D eigenvalue weighted by atomic mass is 10.1. The Bertz CT molecular complexity index is 1240. The number of aryl methyl sites for hydroxylation is 1. The highest BCUT2D eigenvalue weighted by Gasteiger charge is 2.20. The first-order chi connectivity index (χ1) is 13.5. The standard InChI is InChI=1S/C21H19N3O3S/c1-13-21(15-11-14(27-3)6-8-17(15)23(13)2)18(25)12-24-20(26)9-7-16(22-24)19-5-4-10-28-19/h4-11H,12H2,1-3H3. The Morgan fingerprint density at radius 1 is 1.21 bits per heavy atom. The van der Waals surface area contributed by atoms with Gasteiger partial charge < -0.3 is 9.30 Å². The third-order valence-electron chi connectivity index (χ3n) is 4.91. The topological polar surface area (TPSA) is 66.1 Å². The highest BCUT2D eigenvalue weighted by molar-refractivity contribution is 7.13. The lowest BCUT2D eigenvalue weighted by molar-refractivity contribution is 0.0966. The van der Waals surface area contributed by atoms with E-state index in [9.17, 15) is 9.59 Å². The highest BCUT2D eigenvalue weighted by Crippen LogP contribution is 2.29. The van der Waals surface area contributed by atoms with E-state index in [0.29, 0.717) is 17.0 Å². The predicted molar refractivity (Wildman–Crippen MR) is 110 cm³/mol. The van der Waals surface area contributed by atoms with Crippen molar-refractivity contribution in [2.45, 2.75) is 13.5 Å². The molecule has 0 aliphatic rings. The first kappa shape index (κ1) is 18.2. The van der Waals surface area contributed by atoms with Crippen molar-refractivity contribution in [2.75, 3.05) is 7.11 Å². The average molecular weight is 393 g/mol. The number of Topliss-reactive ketones (excluding diaryl/α,β-unsaturated/α-hetero) is 1. The minimum atomic E-state index is -0.302. The zero-order chi connectivity index (χ0) is 19.8. The molecule has 0 aliphatic heterocycles. The normalized spacial score (nSPS) is 11.1. The van der Waals surface area contributed by atoms with Crippen molar-refractivity contribution in [1.29, 1.82) is 0 Å². The maximum atomic E-state index is 13.2. The Kier molecular flexibility index (Phi) is 4.60. The van der Waals surface area contributed by atoms with Crippen molar-refractivity contribution < 1.29 is 9.53 Å². The summed E-state index contributed by atoms with van der Waals surface area (Å²) in [6.07, 6.45) is 0. The van der Waals surface area contributed by atoms with Gasteiger partial charge in [-0.1, -0.05) is 6.07 Å². The summed E-state index contributed by atoms with van der Waals surface area (Å²) in [6, 6.07) is 12.7. The number of methoxy groups -OCH3 is 1. The monoisotopic (exact) mass is 393 g/mol. The minimum Gasteiger partial charge on any atom is -0.497 e. The van der Waals surface area contributed by atoms with E-state index in [2.05, 4.69) is 5.10 Å². The van der Waals surface area contributed by atoms with Crippen LogP contribution in [0.1, 0.15) is 16.1 Å². The molecule has 0 saturated heterocycles.